The van der Waals surface area contributed by atoms with Crippen molar-refractivity contribution in [3.63, 3.8) is 0 Å². The minimum atomic E-state index is 0.0359. The van der Waals surface area contributed by atoms with Crippen LogP contribution in [0.1, 0.15) is 5.69 Å². The van der Waals surface area contributed by atoms with E-state index in [0.717, 1.165) is 18.7 Å². The molecule has 0 spiro atoms. The first-order chi connectivity index (χ1) is 4.93. The molecule has 0 saturated carbocycles. The van der Waals surface area contributed by atoms with Gasteiger partial charge in [0.25, 0.3) is 0 Å². The summed E-state index contributed by atoms with van der Waals surface area (Å²) in [6, 6.07) is 0. The van der Waals surface area contributed by atoms with Crippen LogP contribution in [0.3, 0.4) is 0 Å². The average molecular weight is 141 g/mol. The zero-order valence-electron chi connectivity index (χ0n) is 5.67. The van der Waals surface area contributed by atoms with Crippen LogP contribution in [-0.2, 0) is 6.42 Å². The standard InChI is InChI=1S/C6H11N3O/c10-5-7-2-1-6-3-8-4-9-6/h3-4,7,10H,1-2,5H2,(H,8,9). The number of rotatable bonds is 4. The fraction of sp³-hybridized carbons (Fsp3) is 0.500. The monoisotopic (exact) mass is 141 g/mol. The van der Waals surface area contributed by atoms with Gasteiger partial charge in [0.05, 0.1) is 13.1 Å². The van der Waals surface area contributed by atoms with E-state index in [1.165, 1.54) is 0 Å². The Balaban J connectivity index is 2.15. The fourth-order valence-electron chi connectivity index (χ4n) is 0.724. The number of aromatic amines is 1. The Kier molecular flexibility index (Phi) is 2.92. The quantitative estimate of drug-likeness (QED) is 0.391. The summed E-state index contributed by atoms with van der Waals surface area (Å²) in [5.41, 5.74) is 1.08. The molecule has 0 aliphatic heterocycles. The summed E-state index contributed by atoms with van der Waals surface area (Å²) in [4.78, 5) is 6.82. The van der Waals surface area contributed by atoms with Crippen molar-refractivity contribution in [3.05, 3.63) is 18.2 Å². The number of aliphatic hydroxyl groups is 1. The van der Waals surface area contributed by atoms with Crippen LogP contribution in [0.5, 0.6) is 0 Å². The second kappa shape index (κ2) is 4.03. The molecule has 0 aliphatic rings. The number of imidazole rings is 1. The van der Waals surface area contributed by atoms with Crippen LogP contribution in [0, 0.1) is 0 Å². The molecular weight excluding hydrogens is 130 g/mol. The first-order valence-corrected chi connectivity index (χ1v) is 3.22. The molecule has 0 aromatic carbocycles. The predicted octanol–water partition coefficient (Wildman–Crippen LogP) is -0.508. The second-order valence-electron chi connectivity index (χ2n) is 1.98. The van der Waals surface area contributed by atoms with Crippen molar-refractivity contribution in [3.8, 4) is 0 Å². The maximum absolute atomic E-state index is 8.36. The van der Waals surface area contributed by atoms with Gasteiger partial charge in [-0.1, -0.05) is 0 Å². The van der Waals surface area contributed by atoms with E-state index in [9.17, 15) is 0 Å². The minimum Gasteiger partial charge on any atom is -0.381 e. The van der Waals surface area contributed by atoms with E-state index in [4.69, 9.17) is 5.11 Å². The molecule has 1 aromatic heterocycles. The minimum absolute atomic E-state index is 0.0359. The Morgan fingerprint density at radius 3 is 3.20 bits per heavy atom. The van der Waals surface area contributed by atoms with Gasteiger partial charge in [-0.05, 0) is 0 Å². The summed E-state index contributed by atoms with van der Waals surface area (Å²) in [5, 5.41) is 11.2. The maximum Gasteiger partial charge on any atom is 0.0931 e. The molecule has 4 heteroatoms. The van der Waals surface area contributed by atoms with E-state index in [-0.39, 0.29) is 6.73 Å². The van der Waals surface area contributed by atoms with Crippen LogP contribution in [0.25, 0.3) is 0 Å². The van der Waals surface area contributed by atoms with Gasteiger partial charge in [0.2, 0.25) is 0 Å². The molecule has 0 aliphatic carbocycles. The number of aliphatic hydroxyl groups excluding tert-OH is 1. The molecule has 4 nitrogen and oxygen atoms in total. The molecule has 0 radical (unpaired) electrons. The van der Waals surface area contributed by atoms with Crippen molar-refractivity contribution in [1.82, 2.24) is 15.3 Å². The summed E-state index contributed by atoms with van der Waals surface area (Å²) in [5.74, 6) is 0. The number of hydrogen-bond acceptors (Lipinski definition) is 3. The molecule has 0 atom stereocenters. The fourth-order valence-corrected chi connectivity index (χ4v) is 0.724. The summed E-state index contributed by atoms with van der Waals surface area (Å²) in [6.07, 6.45) is 4.30. The van der Waals surface area contributed by atoms with Gasteiger partial charge in [-0.2, -0.15) is 0 Å². The number of nitrogens with zero attached hydrogens (tertiary/aromatic N) is 1. The number of H-pyrrole nitrogens is 1. The second-order valence-corrected chi connectivity index (χ2v) is 1.98. The molecule has 0 unspecified atom stereocenters. The lowest BCUT2D eigenvalue weighted by molar-refractivity contribution is 0.262. The Morgan fingerprint density at radius 2 is 2.60 bits per heavy atom. The van der Waals surface area contributed by atoms with E-state index < -0.39 is 0 Å². The average Bonchev–Trinajstić information content (AvgIpc) is 2.41. The van der Waals surface area contributed by atoms with Crippen LogP contribution in [0.4, 0.5) is 0 Å². The van der Waals surface area contributed by atoms with Crippen molar-refractivity contribution in [2.75, 3.05) is 13.3 Å². The highest BCUT2D eigenvalue weighted by molar-refractivity contribution is 4.94. The highest BCUT2D eigenvalue weighted by atomic mass is 16.3. The smallest absolute Gasteiger partial charge is 0.0931 e. The Morgan fingerprint density at radius 1 is 1.70 bits per heavy atom. The number of hydrogen-bond donors (Lipinski definition) is 3. The van der Waals surface area contributed by atoms with Crippen molar-refractivity contribution in [1.29, 1.82) is 0 Å². The van der Waals surface area contributed by atoms with Crippen LogP contribution in [0.15, 0.2) is 12.5 Å². The van der Waals surface area contributed by atoms with Gasteiger partial charge in [-0.25, -0.2) is 4.98 Å². The summed E-state index contributed by atoms with van der Waals surface area (Å²) in [6.45, 7) is 0.812. The molecule has 1 heterocycles. The Bertz CT molecular complexity index is 162. The molecule has 1 rings (SSSR count). The SMILES string of the molecule is OCNCCc1cnc[nH]1. The van der Waals surface area contributed by atoms with Gasteiger partial charge in [-0.15, -0.1) is 0 Å². The normalized spacial score (nSPS) is 10.1. The third kappa shape index (κ3) is 2.16. The van der Waals surface area contributed by atoms with Crippen molar-refractivity contribution < 1.29 is 5.11 Å². The first-order valence-electron chi connectivity index (χ1n) is 3.22. The van der Waals surface area contributed by atoms with Crippen LogP contribution >= 0.6 is 0 Å². The third-order valence-electron chi connectivity index (χ3n) is 1.24. The van der Waals surface area contributed by atoms with E-state index in [1.807, 2.05) is 0 Å². The Hall–Kier alpha value is -0.870. The van der Waals surface area contributed by atoms with Crippen molar-refractivity contribution >= 4 is 0 Å². The lowest BCUT2D eigenvalue weighted by Crippen LogP contribution is -2.17. The molecule has 0 bridgehead atoms. The van der Waals surface area contributed by atoms with Crippen molar-refractivity contribution in [2.24, 2.45) is 0 Å². The van der Waals surface area contributed by atoms with E-state index in [1.54, 1.807) is 12.5 Å². The summed E-state index contributed by atoms with van der Waals surface area (Å²) in [7, 11) is 0. The molecule has 10 heavy (non-hydrogen) atoms. The molecule has 3 N–H and O–H groups in total. The van der Waals surface area contributed by atoms with Gasteiger partial charge in [0.1, 0.15) is 0 Å². The van der Waals surface area contributed by atoms with E-state index in [0.29, 0.717) is 0 Å². The van der Waals surface area contributed by atoms with Crippen molar-refractivity contribution in [2.45, 2.75) is 6.42 Å². The topological polar surface area (TPSA) is 60.9 Å². The van der Waals surface area contributed by atoms with Gasteiger partial charge in [-0.3, -0.25) is 5.32 Å². The Labute approximate surface area is 59.3 Å². The zero-order valence-corrected chi connectivity index (χ0v) is 5.67. The third-order valence-corrected chi connectivity index (χ3v) is 1.24. The highest BCUT2D eigenvalue weighted by Gasteiger charge is 1.90. The highest BCUT2D eigenvalue weighted by Crippen LogP contribution is 1.89. The predicted molar refractivity (Wildman–Crippen MR) is 37.4 cm³/mol. The summed E-state index contributed by atoms with van der Waals surface area (Å²) >= 11 is 0. The number of aromatic nitrogens is 2. The molecule has 0 amide bonds. The first kappa shape index (κ1) is 7.24. The van der Waals surface area contributed by atoms with Gasteiger partial charge in [0.15, 0.2) is 0 Å². The van der Waals surface area contributed by atoms with Crippen LogP contribution in [0.2, 0.25) is 0 Å². The van der Waals surface area contributed by atoms with Crippen LogP contribution in [-0.4, -0.2) is 28.4 Å². The lowest BCUT2D eigenvalue weighted by Gasteiger charge is -1.96. The largest absolute Gasteiger partial charge is 0.381 e. The lowest BCUT2D eigenvalue weighted by atomic mass is 10.3. The molecule has 56 valence electrons. The van der Waals surface area contributed by atoms with Gasteiger partial charge in [0, 0.05) is 24.9 Å². The van der Waals surface area contributed by atoms with Crippen LogP contribution < -0.4 is 5.32 Å². The van der Waals surface area contributed by atoms with Gasteiger partial charge < -0.3 is 10.1 Å². The zero-order chi connectivity index (χ0) is 7.23. The molecule has 0 fully saturated rings. The van der Waals surface area contributed by atoms with E-state index >= 15 is 0 Å². The number of nitrogens with one attached hydrogen (secondary N) is 2. The molecule has 1 aromatic rings. The molecule has 0 saturated heterocycles. The summed E-state index contributed by atoms with van der Waals surface area (Å²) < 4.78 is 0. The van der Waals surface area contributed by atoms with Gasteiger partial charge >= 0.3 is 0 Å². The van der Waals surface area contributed by atoms with E-state index in [2.05, 4.69) is 15.3 Å². The maximum atomic E-state index is 8.36. The molecular formula is C6H11N3O.